The van der Waals surface area contributed by atoms with Crippen LogP contribution < -0.4 is 4.72 Å². The maximum atomic E-state index is 12.2. The van der Waals surface area contributed by atoms with Crippen LogP contribution in [0.1, 0.15) is 26.7 Å². The summed E-state index contributed by atoms with van der Waals surface area (Å²) in [5, 5.41) is 9.67. The van der Waals surface area contributed by atoms with E-state index in [-0.39, 0.29) is 21.5 Å². The van der Waals surface area contributed by atoms with Crippen molar-refractivity contribution in [2.45, 2.75) is 31.6 Å². The molecule has 5 nitrogen and oxygen atoms in total. The normalized spacial score (nSPS) is 12.4. The highest BCUT2D eigenvalue weighted by atomic mass is 35.5. The fraction of sp³-hybridized carbons (Fsp3) is 0.462. The topological polar surface area (TPSA) is 83.5 Å². The first kappa shape index (κ1) is 18.2. The Bertz CT molecular complexity index is 627. The van der Waals surface area contributed by atoms with Gasteiger partial charge in [0.2, 0.25) is 10.0 Å². The van der Waals surface area contributed by atoms with Crippen LogP contribution in [0.4, 0.5) is 0 Å². The Labute approximate surface area is 134 Å². The second-order valence-corrected chi connectivity index (χ2v) is 7.27. The average molecular weight is 354 g/mol. The zero-order chi connectivity index (χ0) is 16.3. The van der Waals surface area contributed by atoms with E-state index in [1.807, 2.05) is 0 Å². The van der Waals surface area contributed by atoms with Gasteiger partial charge in [-0.3, -0.25) is 4.79 Å². The van der Waals surface area contributed by atoms with Gasteiger partial charge in [0, 0.05) is 6.54 Å². The Morgan fingerprint density at radius 1 is 1.24 bits per heavy atom. The summed E-state index contributed by atoms with van der Waals surface area (Å²) >= 11 is 11.5. The van der Waals surface area contributed by atoms with Gasteiger partial charge >= 0.3 is 5.97 Å². The number of aliphatic carboxylic acids is 1. The first-order valence-electron chi connectivity index (χ1n) is 6.36. The van der Waals surface area contributed by atoms with Crippen molar-refractivity contribution in [3.63, 3.8) is 0 Å². The lowest BCUT2D eigenvalue weighted by Gasteiger charge is -2.26. The number of rotatable bonds is 7. The summed E-state index contributed by atoms with van der Waals surface area (Å²) in [5.74, 6) is -1.02. The van der Waals surface area contributed by atoms with Crippen LogP contribution in [0.3, 0.4) is 0 Å². The first-order chi connectivity index (χ1) is 9.68. The lowest BCUT2D eigenvalue weighted by Crippen LogP contribution is -2.42. The summed E-state index contributed by atoms with van der Waals surface area (Å²) in [6, 6.07) is 3.92. The van der Waals surface area contributed by atoms with Gasteiger partial charge in [-0.15, -0.1) is 0 Å². The quantitative estimate of drug-likeness (QED) is 0.788. The molecule has 0 amide bonds. The molecule has 0 fully saturated rings. The number of halogens is 2. The minimum Gasteiger partial charge on any atom is -0.481 e. The molecule has 1 aromatic carbocycles. The third-order valence-corrected chi connectivity index (χ3v) is 5.75. The van der Waals surface area contributed by atoms with E-state index in [0.29, 0.717) is 12.8 Å². The van der Waals surface area contributed by atoms with Gasteiger partial charge in [-0.2, -0.15) is 0 Å². The van der Waals surface area contributed by atoms with Crippen molar-refractivity contribution >= 4 is 39.2 Å². The molecule has 21 heavy (non-hydrogen) atoms. The van der Waals surface area contributed by atoms with Crippen molar-refractivity contribution in [2.75, 3.05) is 6.54 Å². The van der Waals surface area contributed by atoms with Gasteiger partial charge in [0.15, 0.2) is 0 Å². The number of carbonyl (C=O) groups is 1. The lowest BCUT2D eigenvalue weighted by atomic mass is 9.83. The Morgan fingerprint density at radius 3 is 2.24 bits per heavy atom. The van der Waals surface area contributed by atoms with Crippen LogP contribution in [0.5, 0.6) is 0 Å². The molecule has 0 saturated carbocycles. The van der Waals surface area contributed by atoms with Gasteiger partial charge in [0.25, 0.3) is 0 Å². The molecule has 0 saturated heterocycles. The molecule has 0 unspecified atom stereocenters. The van der Waals surface area contributed by atoms with E-state index in [2.05, 4.69) is 4.72 Å². The highest BCUT2D eigenvalue weighted by Gasteiger charge is 2.36. The zero-order valence-corrected chi connectivity index (χ0v) is 14.0. The predicted octanol–water partition coefficient (Wildman–Crippen LogP) is 3.16. The molecule has 0 aliphatic heterocycles. The molecule has 0 radical (unpaired) electrons. The first-order valence-corrected chi connectivity index (χ1v) is 8.60. The van der Waals surface area contributed by atoms with Crippen LogP contribution in [0.2, 0.25) is 10.0 Å². The molecule has 0 aromatic heterocycles. The lowest BCUT2D eigenvalue weighted by molar-refractivity contribution is -0.149. The van der Waals surface area contributed by atoms with Gasteiger partial charge in [-0.25, -0.2) is 13.1 Å². The summed E-state index contributed by atoms with van der Waals surface area (Å²) in [7, 11) is -3.84. The summed E-state index contributed by atoms with van der Waals surface area (Å²) in [4.78, 5) is 11.3. The molecule has 0 atom stereocenters. The minimum atomic E-state index is -3.84. The second kappa shape index (κ2) is 6.96. The van der Waals surface area contributed by atoms with Crippen LogP contribution in [0.15, 0.2) is 23.1 Å². The summed E-state index contributed by atoms with van der Waals surface area (Å²) < 4.78 is 26.7. The highest BCUT2D eigenvalue weighted by Crippen LogP contribution is 2.28. The third-order valence-electron chi connectivity index (χ3n) is 3.61. The zero-order valence-electron chi connectivity index (χ0n) is 11.7. The smallest absolute Gasteiger partial charge is 0.310 e. The second-order valence-electron chi connectivity index (χ2n) is 4.69. The Hall–Kier alpha value is -0.820. The van der Waals surface area contributed by atoms with Crippen molar-refractivity contribution < 1.29 is 18.3 Å². The molecule has 118 valence electrons. The largest absolute Gasteiger partial charge is 0.481 e. The van der Waals surface area contributed by atoms with Crippen LogP contribution in [-0.2, 0) is 14.8 Å². The van der Waals surface area contributed by atoms with Crippen LogP contribution >= 0.6 is 23.2 Å². The SMILES string of the molecule is CCC(CC)(CNS(=O)(=O)c1ccc(Cl)c(Cl)c1)C(=O)O. The Kier molecular flexibility index (Phi) is 6.04. The van der Waals surface area contributed by atoms with Crippen molar-refractivity contribution in [3.05, 3.63) is 28.2 Å². The van der Waals surface area contributed by atoms with Crippen molar-refractivity contribution in [1.82, 2.24) is 4.72 Å². The monoisotopic (exact) mass is 353 g/mol. The molecule has 0 bridgehead atoms. The molecule has 0 spiro atoms. The van der Waals surface area contributed by atoms with Gasteiger partial charge in [0.05, 0.1) is 20.4 Å². The fourth-order valence-corrected chi connectivity index (χ4v) is 3.35. The minimum absolute atomic E-state index is 0.0524. The maximum Gasteiger partial charge on any atom is 0.310 e. The summed E-state index contributed by atoms with van der Waals surface area (Å²) in [5.41, 5.74) is -1.12. The van der Waals surface area contributed by atoms with E-state index in [1.54, 1.807) is 13.8 Å². The predicted molar refractivity (Wildman–Crippen MR) is 82.3 cm³/mol. The molecule has 1 aromatic rings. The van der Waals surface area contributed by atoms with Gasteiger partial charge < -0.3 is 5.11 Å². The van der Waals surface area contributed by atoms with Gasteiger partial charge in [-0.1, -0.05) is 37.0 Å². The number of sulfonamides is 1. The van der Waals surface area contributed by atoms with Gasteiger partial charge in [-0.05, 0) is 31.0 Å². The van der Waals surface area contributed by atoms with E-state index in [9.17, 15) is 18.3 Å². The van der Waals surface area contributed by atoms with Crippen molar-refractivity contribution in [3.8, 4) is 0 Å². The standard InChI is InChI=1S/C13H17Cl2NO4S/c1-3-13(4-2,12(17)18)8-16-21(19,20)9-5-6-10(14)11(15)7-9/h5-7,16H,3-4,8H2,1-2H3,(H,17,18). The Balaban J connectivity index is 3.00. The molecule has 8 heteroatoms. The maximum absolute atomic E-state index is 12.2. The van der Waals surface area contributed by atoms with Crippen LogP contribution in [0.25, 0.3) is 0 Å². The molecule has 2 N–H and O–H groups in total. The van der Waals surface area contributed by atoms with Crippen LogP contribution in [0, 0.1) is 5.41 Å². The van der Waals surface area contributed by atoms with Crippen LogP contribution in [-0.4, -0.2) is 26.0 Å². The average Bonchev–Trinajstić information content (AvgIpc) is 2.43. The fourth-order valence-electron chi connectivity index (χ4n) is 1.84. The summed E-state index contributed by atoms with van der Waals surface area (Å²) in [6.07, 6.45) is 0.644. The van der Waals surface area contributed by atoms with E-state index in [1.165, 1.54) is 18.2 Å². The van der Waals surface area contributed by atoms with Crippen molar-refractivity contribution in [2.24, 2.45) is 5.41 Å². The Morgan fingerprint density at radius 2 is 1.81 bits per heavy atom. The van der Waals surface area contributed by atoms with E-state index < -0.39 is 21.4 Å². The number of benzene rings is 1. The number of carboxylic acids is 1. The van der Waals surface area contributed by atoms with Crippen molar-refractivity contribution in [1.29, 1.82) is 0 Å². The number of carboxylic acid groups (broad SMARTS) is 1. The van der Waals surface area contributed by atoms with E-state index >= 15 is 0 Å². The van der Waals surface area contributed by atoms with Gasteiger partial charge in [0.1, 0.15) is 0 Å². The van der Waals surface area contributed by atoms with E-state index in [0.717, 1.165) is 0 Å². The molecular formula is C13H17Cl2NO4S. The number of hydrogen-bond donors (Lipinski definition) is 2. The molecule has 0 aliphatic rings. The third kappa shape index (κ3) is 4.10. The number of nitrogens with one attached hydrogen (secondary N) is 1. The molecule has 0 aliphatic carbocycles. The molecule has 1 rings (SSSR count). The number of hydrogen-bond acceptors (Lipinski definition) is 3. The summed E-state index contributed by atoms with van der Waals surface area (Å²) in [6.45, 7) is 3.24. The van der Waals surface area contributed by atoms with E-state index in [4.69, 9.17) is 23.2 Å². The molecule has 0 heterocycles. The highest BCUT2D eigenvalue weighted by molar-refractivity contribution is 7.89. The molecular weight excluding hydrogens is 337 g/mol.